The maximum absolute atomic E-state index is 13.2. The van der Waals surface area contributed by atoms with Gasteiger partial charge >= 0.3 is 0 Å². The van der Waals surface area contributed by atoms with Crippen molar-refractivity contribution in [3.8, 4) is 0 Å². The van der Waals surface area contributed by atoms with Crippen LogP contribution >= 0.6 is 11.6 Å². The number of nitrogens with one attached hydrogen (secondary N) is 2. The van der Waals surface area contributed by atoms with E-state index < -0.39 is 0 Å². The van der Waals surface area contributed by atoms with Crippen LogP contribution in [0.4, 0.5) is 5.82 Å². The summed E-state index contributed by atoms with van der Waals surface area (Å²) in [6, 6.07) is 1.79. The van der Waals surface area contributed by atoms with E-state index in [1.54, 1.807) is 12.1 Å². The molecule has 2 N–H and O–H groups in total. The van der Waals surface area contributed by atoms with Gasteiger partial charge in [0.15, 0.2) is 5.78 Å². The molecule has 7 nitrogen and oxygen atoms in total. The fourth-order valence-electron chi connectivity index (χ4n) is 5.78. The molecule has 2 saturated carbocycles. The maximum Gasteiger partial charge on any atom is 0.249 e. The number of Topliss-reactive ketones (excluding diaryl/α,β-unsaturated/α-hetero) is 1. The van der Waals surface area contributed by atoms with Crippen LogP contribution in [0.5, 0.6) is 0 Å². The van der Waals surface area contributed by atoms with Crippen LogP contribution in [0.3, 0.4) is 0 Å². The number of ketones is 1. The largest absolute Gasteiger partial charge is 0.347 e. The van der Waals surface area contributed by atoms with Crippen LogP contribution in [0.25, 0.3) is 0 Å². The van der Waals surface area contributed by atoms with Gasteiger partial charge in [-0.3, -0.25) is 14.4 Å². The highest BCUT2D eigenvalue weighted by Crippen LogP contribution is 2.41. The van der Waals surface area contributed by atoms with E-state index in [9.17, 15) is 14.4 Å². The molecule has 1 unspecified atom stereocenters. The Labute approximate surface area is 211 Å². The second kappa shape index (κ2) is 10.2. The molecule has 186 valence electrons. The molecule has 2 amide bonds. The lowest BCUT2D eigenvalue weighted by Crippen LogP contribution is -2.48. The zero-order valence-corrected chi connectivity index (χ0v) is 20.8. The molecule has 3 aliphatic carbocycles. The molecular weight excluding hydrogens is 464 g/mol. The second-order valence-electron chi connectivity index (χ2n) is 10.6. The Morgan fingerprint density at radius 2 is 1.89 bits per heavy atom. The minimum absolute atomic E-state index is 0.0160. The number of aromatic nitrogens is 2. The third kappa shape index (κ3) is 5.66. The summed E-state index contributed by atoms with van der Waals surface area (Å²) in [5.41, 5.74) is 1.95. The Morgan fingerprint density at radius 1 is 1.09 bits per heavy atom. The van der Waals surface area contributed by atoms with E-state index in [0.717, 1.165) is 57.1 Å². The summed E-state index contributed by atoms with van der Waals surface area (Å²) in [5, 5.41) is 6.57. The maximum atomic E-state index is 13.2. The van der Waals surface area contributed by atoms with Gasteiger partial charge < -0.3 is 10.6 Å². The first-order valence-electron chi connectivity index (χ1n) is 13.0. The van der Waals surface area contributed by atoms with Gasteiger partial charge in [-0.2, -0.15) is 0 Å². The Kier molecular flexibility index (Phi) is 7.05. The van der Waals surface area contributed by atoms with Gasteiger partial charge in [-0.25, -0.2) is 9.97 Å². The smallest absolute Gasteiger partial charge is 0.249 e. The molecule has 0 bridgehead atoms. The van der Waals surface area contributed by atoms with Crippen LogP contribution in [0, 0.1) is 11.8 Å². The molecule has 1 atom stereocenters. The molecule has 3 fully saturated rings. The number of carbonyl (C=O) groups is 3. The van der Waals surface area contributed by atoms with Crippen molar-refractivity contribution in [2.75, 3.05) is 5.32 Å². The van der Waals surface area contributed by atoms with Gasteiger partial charge in [0, 0.05) is 40.2 Å². The molecule has 0 radical (unpaired) electrons. The van der Waals surface area contributed by atoms with E-state index in [4.69, 9.17) is 11.6 Å². The number of allylic oxidation sites excluding steroid dienone is 3. The van der Waals surface area contributed by atoms with Crippen molar-refractivity contribution in [2.45, 2.75) is 89.0 Å². The topological polar surface area (TPSA) is 101 Å². The number of aryl methyl sites for hydroxylation is 1. The van der Waals surface area contributed by atoms with Crippen LogP contribution in [-0.4, -0.2) is 33.1 Å². The Bertz CT molecular complexity index is 1090. The average molecular weight is 497 g/mol. The summed E-state index contributed by atoms with van der Waals surface area (Å²) in [7, 11) is 0. The third-order valence-electron chi connectivity index (χ3n) is 7.96. The summed E-state index contributed by atoms with van der Waals surface area (Å²) >= 11 is 6.67. The summed E-state index contributed by atoms with van der Waals surface area (Å²) in [5.74, 6) is 0.518. The van der Waals surface area contributed by atoms with Gasteiger partial charge in [-0.1, -0.05) is 30.9 Å². The first-order chi connectivity index (χ1) is 16.9. The molecule has 5 rings (SSSR count). The van der Waals surface area contributed by atoms with Gasteiger partial charge in [0.1, 0.15) is 12.1 Å². The molecule has 2 heterocycles. The number of hydrogen-bond acceptors (Lipinski definition) is 5. The number of amides is 2. The number of nitrogens with zero attached hydrogens (tertiary/aromatic N) is 2. The quantitative estimate of drug-likeness (QED) is 0.590. The van der Waals surface area contributed by atoms with Crippen molar-refractivity contribution in [3.63, 3.8) is 0 Å². The molecular formula is C27H33ClN4O3. The van der Waals surface area contributed by atoms with E-state index in [0.29, 0.717) is 47.7 Å². The number of halogens is 1. The predicted octanol–water partition coefficient (Wildman–Crippen LogP) is 4.77. The van der Waals surface area contributed by atoms with E-state index >= 15 is 0 Å². The van der Waals surface area contributed by atoms with Crippen LogP contribution in [0.2, 0.25) is 0 Å². The zero-order valence-electron chi connectivity index (χ0n) is 20.1. The van der Waals surface area contributed by atoms with Crippen LogP contribution < -0.4 is 10.6 Å². The molecule has 8 heteroatoms. The number of anilines is 1. The Hall–Kier alpha value is -2.54. The standard InChI is InChI=1S/C27H33ClN4O3/c28-21-13-18(5-4-6-20-15-23(30-16-29-20)31-25(34)17-7-8-17)22(33)14-19-9-12-27(10-2-1-3-11-27)32-26(35)24(19)21/h13,15-17,19H,1-12,14H2,(H,32,35)(H,29,30,31,34). The fraction of sp³-hybridized carbons (Fsp3) is 0.593. The summed E-state index contributed by atoms with van der Waals surface area (Å²) < 4.78 is 0. The molecule has 1 saturated heterocycles. The van der Waals surface area contributed by atoms with E-state index in [1.807, 2.05) is 0 Å². The van der Waals surface area contributed by atoms with Gasteiger partial charge in [0.25, 0.3) is 0 Å². The minimum atomic E-state index is -0.129. The molecule has 1 spiro atoms. The summed E-state index contributed by atoms with van der Waals surface area (Å²) in [6.45, 7) is 0. The number of carbonyl (C=O) groups excluding carboxylic acids is 3. The summed E-state index contributed by atoms with van der Waals surface area (Å²) in [4.78, 5) is 46.8. The lowest BCUT2D eigenvalue weighted by molar-refractivity contribution is -0.120. The Balaban J connectivity index is 1.23. The molecule has 1 aromatic rings. The number of hydrogen-bond donors (Lipinski definition) is 2. The van der Waals surface area contributed by atoms with Gasteiger partial charge in [0.2, 0.25) is 11.8 Å². The van der Waals surface area contributed by atoms with Crippen molar-refractivity contribution in [3.05, 3.63) is 40.3 Å². The second-order valence-corrected chi connectivity index (χ2v) is 11.0. The van der Waals surface area contributed by atoms with Crippen molar-refractivity contribution in [1.29, 1.82) is 0 Å². The lowest BCUT2D eigenvalue weighted by Gasteiger charge is -2.37. The van der Waals surface area contributed by atoms with Gasteiger partial charge in [0.05, 0.1) is 0 Å². The minimum Gasteiger partial charge on any atom is -0.347 e. The van der Waals surface area contributed by atoms with E-state index in [2.05, 4.69) is 20.6 Å². The van der Waals surface area contributed by atoms with Crippen LogP contribution in [-0.2, 0) is 20.8 Å². The lowest BCUT2D eigenvalue weighted by atomic mass is 9.77. The highest BCUT2D eigenvalue weighted by atomic mass is 35.5. The SMILES string of the molecule is O=C1CC2CCC3(CCCCC3)NC(=O)C2=C(Cl)C=C1CCCc1cc(NC(=O)C2CC2)ncn1. The molecule has 1 aliphatic heterocycles. The molecule has 35 heavy (non-hydrogen) atoms. The van der Waals surface area contributed by atoms with Crippen molar-refractivity contribution in [2.24, 2.45) is 11.8 Å². The van der Waals surface area contributed by atoms with E-state index in [1.165, 1.54) is 12.7 Å². The predicted molar refractivity (Wildman–Crippen MR) is 134 cm³/mol. The molecule has 4 aliphatic rings. The average Bonchev–Trinajstić information content (AvgIpc) is 3.69. The first-order valence-corrected chi connectivity index (χ1v) is 13.4. The monoisotopic (exact) mass is 496 g/mol. The normalized spacial score (nSPS) is 24.3. The molecule has 0 aromatic carbocycles. The van der Waals surface area contributed by atoms with Gasteiger partial charge in [-0.05, 0) is 75.4 Å². The van der Waals surface area contributed by atoms with E-state index in [-0.39, 0.29) is 35.0 Å². The Morgan fingerprint density at radius 3 is 2.66 bits per heavy atom. The van der Waals surface area contributed by atoms with Crippen molar-refractivity contribution in [1.82, 2.24) is 15.3 Å². The fourth-order valence-corrected chi connectivity index (χ4v) is 6.15. The van der Waals surface area contributed by atoms with Gasteiger partial charge in [-0.15, -0.1) is 0 Å². The van der Waals surface area contributed by atoms with Crippen LogP contribution in [0.15, 0.2) is 34.6 Å². The molecule has 1 aromatic heterocycles. The highest BCUT2D eigenvalue weighted by molar-refractivity contribution is 6.34. The zero-order chi connectivity index (χ0) is 24.4. The van der Waals surface area contributed by atoms with Crippen LogP contribution in [0.1, 0.15) is 82.7 Å². The van der Waals surface area contributed by atoms with Crippen molar-refractivity contribution >= 4 is 35.0 Å². The number of rotatable bonds is 6. The highest BCUT2D eigenvalue weighted by Gasteiger charge is 2.41. The first kappa shape index (κ1) is 24.2. The van der Waals surface area contributed by atoms with Crippen molar-refractivity contribution < 1.29 is 14.4 Å². The summed E-state index contributed by atoms with van der Waals surface area (Å²) in [6.07, 6.45) is 14.6. The third-order valence-corrected chi connectivity index (χ3v) is 8.28. The number of fused-ring (bicyclic) bond motifs is 1.